The SMILES string of the molecule is NC1[C@H]2CN(c3ccc(Nc4ncc5c6ccncc6n(C6CCCC6)c5n4)nn3)C[C@@H]12. The smallest absolute Gasteiger partial charge is 0.230 e. The van der Waals surface area contributed by atoms with Crippen molar-refractivity contribution in [3.05, 3.63) is 36.8 Å². The molecule has 0 amide bonds. The molecule has 9 nitrogen and oxygen atoms in total. The fourth-order valence-corrected chi connectivity index (χ4v) is 5.69. The summed E-state index contributed by atoms with van der Waals surface area (Å²) in [5.74, 6) is 3.32. The van der Waals surface area contributed by atoms with Crippen LogP contribution in [-0.4, -0.2) is 48.8 Å². The van der Waals surface area contributed by atoms with Crippen LogP contribution in [0.4, 0.5) is 17.6 Å². The first-order chi connectivity index (χ1) is 15.8. The lowest BCUT2D eigenvalue weighted by Gasteiger charge is -2.19. The van der Waals surface area contributed by atoms with Crippen molar-refractivity contribution in [2.24, 2.45) is 17.6 Å². The molecule has 3 N–H and O–H groups in total. The first-order valence-electron chi connectivity index (χ1n) is 11.5. The van der Waals surface area contributed by atoms with Gasteiger partial charge in [-0.1, -0.05) is 12.8 Å². The Labute approximate surface area is 185 Å². The van der Waals surface area contributed by atoms with Gasteiger partial charge in [0.25, 0.3) is 0 Å². The quantitative estimate of drug-likeness (QED) is 0.511. The Balaban J connectivity index is 1.19. The molecule has 3 aliphatic rings. The van der Waals surface area contributed by atoms with Gasteiger partial charge in [-0.2, -0.15) is 4.98 Å². The van der Waals surface area contributed by atoms with Gasteiger partial charge in [0.1, 0.15) is 5.65 Å². The molecule has 0 radical (unpaired) electrons. The normalized spacial score (nSPS) is 25.0. The second-order valence-corrected chi connectivity index (χ2v) is 9.34. The van der Waals surface area contributed by atoms with Crippen LogP contribution in [0.3, 0.4) is 0 Å². The predicted octanol–water partition coefficient (Wildman–Crippen LogP) is 3.02. The minimum Gasteiger partial charge on any atom is -0.354 e. The molecule has 1 saturated heterocycles. The standard InChI is InChI=1S/C23H25N9/c24-21-16-11-31(12-17(16)21)20-6-5-19(29-30-20)27-23-26-9-15-14-7-8-25-10-18(14)32(22(15)28-23)13-3-1-2-4-13/h5-10,13,16-17,21H,1-4,11-12,24H2,(H,26,27,28,29)/t16-,17+,21?. The molecule has 1 unspecified atom stereocenters. The molecular weight excluding hydrogens is 402 g/mol. The molecular formula is C23H25N9. The van der Waals surface area contributed by atoms with Crippen LogP contribution in [0.2, 0.25) is 0 Å². The maximum absolute atomic E-state index is 6.04. The Bertz CT molecular complexity index is 1300. The van der Waals surface area contributed by atoms with Crippen LogP contribution >= 0.6 is 0 Å². The van der Waals surface area contributed by atoms with Gasteiger partial charge in [-0.15, -0.1) is 10.2 Å². The van der Waals surface area contributed by atoms with Crippen molar-refractivity contribution in [3.63, 3.8) is 0 Å². The predicted molar refractivity (Wildman–Crippen MR) is 123 cm³/mol. The third kappa shape index (κ3) is 2.77. The van der Waals surface area contributed by atoms with E-state index in [-0.39, 0.29) is 0 Å². The van der Waals surface area contributed by atoms with E-state index in [2.05, 4.69) is 41.0 Å². The highest BCUT2D eigenvalue weighted by Crippen LogP contribution is 2.44. The molecule has 4 aromatic rings. The minimum absolute atomic E-state index is 0.378. The van der Waals surface area contributed by atoms with E-state index in [1.54, 1.807) is 0 Å². The maximum atomic E-state index is 6.04. The lowest BCUT2D eigenvalue weighted by atomic mass is 10.2. The van der Waals surface area contributed by atoms with Gasteiger partial charge in [0.15, 0.2) is 11.6 Å². The highest BCUT2D eigenvalue weighted by atomic mass is 15.3. The summed E-state index contributed by atoms with van der Waals surface area (Å²) in [5, 5.41) is 14.2. The van der Waals surface area contributed by atoms with Gasteiger partial charge in [-0.3, -0.25) is 4.98 Å². The van der Waals surface area contributed by atoms with Crippen molar-refractivity contribution in [2.45, 2.75) is 37.8 Å². The van der Waals surface area contributed by atoms with Crippen LogP contribution in [-0.2, 0) is 0 Å². The second-order valence-electron chi connectivity index (χ2n) is 9.34. The molecule has 9 heteroatoms. The summed E-state index contributed by atoms with van der Waals surface area (Å²) < 4.78 is 2.36. The lowest BCUT2D eigenvalue weighted by Crippen LogP contribution is -2.28. The van der Waals surface area contributed by atoms with E-state index in [1.165, 1.54) is 25.7 Å². The van der Waals surface area contributed by atoms with E-state index < -0.39 is 0 Å². The summed E-state index contributed by atoms with van der Waals surface area (Å²) in [6, 6.07) is 6.84. The van der Waals surface area contributed by atoms with E-state index in [0.717, 1.165) is 40.8 Å². The number of fused-ring (bicyclic) bond motifs is 4. The Morgan fingerprint density at radius 3 is 2.59 bits per heavy atom. The number of nitrogens with two attached hydrogens (primary N) is 1. The lowest BCUT2D eigenvalue weighted by molar-refractivity contribution is 0.546. The average Bonchev–Trinajstić information content (AvgIpc) is 3.33. The van der Waals surface area contributed by atoms with Crippen molar-refractivity contribution in [3.8, 4) is 0 Å². The Morgan fingerprint density at radius 2 is 1.81 bits per heavy atom. The van der Waals surface area contributed by atoms with Gasteiger partial charge in [-0.25, -0.2) is 4.98 Å². The summed E-state index contributed by atoms with van der Waals surface area (Å²) in [4.78, 5) is 16.1. The number of aromatic nitrogens is 6. The fourth-order valence-electron chi connectivity index (χ4n) is 5.69. The van der Waals surface area contributed by atoms with Crippen LogP contribution < -0.4 is 16.0 Å². The second kappa shape index (κ2) is 6.83. The van der Waals surface area contributed by atoms with Gasteiger partial charge in [-0.05, 0) is 42.9 Å². The van der Waals surface area contributed by atoms with E-state index in [9.17, 15) is 0 Å². The van der Waals surface area contributed by atoms with Gasteiger partial charge >= 0.3 is 0 Å². The van der Waals surface area contributed by atoms with Crippen molar-refractivity contribution in [2.75, 3.05) is 23.3 Å². The summed E-state index contributed by atoms with van der Waals surface area (Å²) in [5.41, 5.74) is 8.13. The van der Waals surface area contributed by atoms with Gasteiger partial charge < -0.3 is 20.5 Å². The zero-order chi connectivity index (χ0) is 21.2. The number of nitrogens with one attached hydrogen (secondary N) is 1. The molecule has 1 aliphatic heterocycles. The van der Waals surface area contributed by atoms with E-state index in [0.29, 0.717) is 35.7 Å². The van der Waals surface area contributed by atoms with Crippen LogP contribution in [0, 0.1) is 11.8 Å². The number of hydrogen-bond donors (Lipinski definition) is 2. The molecule has 32 heavy (non-hydrogen) atoms. The zero-order valence-electron chi connectivity index (χ0n) is 17.7. The van der Waals surface area contributed by atoms with Crippen molar-refractivity contribution in [1.29, 1.82) is 0 Å². The van der Waals surface area contributed by atoms with E-state index in [1.807, 2.05) is 30.7 Å². The number of rotatable bonds is 4. The molecule has 5 heterocycles. The van der Waals surface area contributed by atoms with Crippen molar-refractivity contribution < 1.29 is 0 Å². The summed E-state index contributed by atoms with van der Waals surface area (Å²) in [6.07, 6.45) is 10.6. The Morgan fingerprint density at radius 1 is 0.969 bits per heavy atom. The average molecular weight is 428 g/mol. The van der Waals surface area contributed by atoms with Crippen LogP contribution in [0.1, 0.15) is 31.7 Å². The fraction of sp³-hybridized carbons (Fsp3) is 0.435. The van der Waals surface area contributed by atoms with Crippen molar-refractivity contribution in [1.82, 2.24) is 29.7 Å². The topological polar surface area (TPSA) is 111 Å². The molecule has 2 aliphatic carbocycles. The van der Waals surface area contributed by atoms with Crippen LogP contribution in [0.15, 0.2) is 36.8 Å². The molecule has 4 aromatic heterocycles. The molecule has 0 bridgehead atoms. The molecule has 3 fully saturated rings. The van der Waals surface area contributed by atoms with Gasteiger partial charge in [0, 0.05) is 48.3 Å². The largest absolute Gasteiger partial charge is 0.354 e. The third-order valence-corrected chi connectivity index (χ3v) is 7.51. The highest BCUT2D eigenvalue weighted by molar-refractivity contribution is 6.06. The summed E-state index contributed by atoms with van der Waals surface area (Å²) in [6.45, 7) is 1.96. The zero-order valence-corrected chi connectivity index (χ0v) is 17.7. The number of anilines is 3. The Hall–Kier alpha value is -3.33. The van der Waals surface area contributed by atoms with E-state index in [4.69, 9.17) is 10.7 Å². The molecule has 0 aromatic carbocycles. The highest BCUT2D eigenvalue weighted by Gasteiger charge is 2.53. The van der Waals surface area contributed by atoms with Crippen molar-refractivity contribution >= 4 is 39.5 Å². The van der Waals surface area contributed by atoms with Gasteiger partial charge in [0.05, 0.1) is 11.7 Å². The molecule has 0 spiro atoms. The number of piperidine rings is 1. The first-order valence-corrected chi connectivity index (χ1v) is 11.5. The summed E-state index contributed by atoms with van der Waals surface area (Å²) in [7, 11) is 0. The van der Waals surface area contributed by atoms with E-state index >= 15 is 0 Å². The maximum Gasteiger partial charge on any atom is 0.230 e. The molecule has 162 valence electrons. The number of pyridine rings is 1. The minimum atomic E-state index is 0.378. The molecule has 7 rings (SSSR count). The molecule has 2 saturated carbocycles. The third-order valence-electron chi connectivity index (χ3n) is 7.51. The Kier molecular flexibility index (Phi) is 3.90. The van der Waals surface area contributed by atoms with Gasteiger partial charge in [0.2, 0.25) is 5.95 Å². The summed E-state index contributed by atoms with van der Waals surface area (Å²) >= 11 is 0. The first kappa shape index (κ1) is 18.3. The monoisotopic (exact) mass is 427 g/mol. The number of hydrogen-bond acceptors (Lipinski definition) is 8. The molecule has 3 atom stereocenters. The van der Waals surface area contributed by atoms with Crippen LogP contribution in [0.5, 0.6) is 0 Å². The van der Waals surface area contributed by atoms with Crippen LogP contribution in [0.25, 0.3) is 21.9 Å². The number of nitrogens with zero attached hydrogens (tertiary/aromatic N) is 7.